The molecule has 0 aliphatic carbocycles. The van der Waals surface area contributed by atoms with E-state index >= 15 is 0 Å². The molecule has 0 aliphatic rings. The van der Waals surface area contributed by atoms with Gasteiger partial charge in [0.05, 0.1) is 0 Å². The Morgan fingerprint density at radius 2 is 2.21 bits per heavy atom. The fraction of sp³-hybridized carbons (Fsp3) is 0.364. The molecule has 0 unspecified atom stereocenters. The predicted molar refractivity (Wildman–Crippen MR) is 61.5 cm³/mol. The molecule has 0 aromatic heterocycles. The Morgan fingerprint density at radius 3 is 2.79 bits per heavy atom. The van der Waals surface area contributed by atoms with Crippen LogP contribution in [0.5, 0.6) is 0 Å². The minimum atomic E-state index is 0.130. The van der Waals surface area contributed by atoms with Crippen molar-refractivity contribution in [2.24, 2.45) is 5.73 Å². The van der Waals surface area contributed by atoms with Gasteiger partial charge in [0.1, 0.15) is 0 Å². The summed E-state index contributed by atoms with van der Waals surface area (Å²) in [7, 11) is 0. The second-order valence-electron chi connectivity index (χ2n) is 3.12. The van der Waals surface area contributed by atoms with Crippen molar-refractivity contribution < 1.29 is 4.79 Å². The van der Waals surface area contributed by atoms with E-state index in [1.165, 1.54) is 0 Å². The molecule has 0 spiro atoms. The molecule has 14 heavy (non-hydrogen) atoms. The van der Waals surface area contributed by atoms with Crippen molar-refractivity contribution in [3.05, 3.63) is 33.8 Å². The summed E-state index contributed by atoms with van der Waals surface area (Å²) in [6.07, 6.45) is 1.29. The van der Waals surface area contributed by atoms with Gasteiger partial charge in [0.2, 0.25) is 0 Å². The third-order valence-corrected chi connectivity index (χ3v) is 2.62. The van der Waals surface area contributed by atoms with Crippen LogP contribution in [0.25, 0.3) is 0 Å². The Hall–Kier alpha value is -0.670. The van der Waals surface area contributed by atoms with Crippen LogP contribution in [0.1, 0.15) is 29.3 Å². The lowest BCUT2D eigenvalue weighted by Gasteiger charge is -2.06. The summed E-state index contributed by atoms with van der Waals surface area (Å²) in [5.74, 6) is 0.130. The average Bonchev–Trinajstić information content (AvgIpc) is 2.18. The topological polar surface area (TPSA) is 43.1 Å². The number of rotatable bonds is 4. The fourth-order valence-corrected chi connectivity index (χ4v) is 1.74. The minimum absolute atomic E-state index is 0.130. The lowest BCUT2D eigenvalue weighted by Crippen LogP contribution is -2.10. The molecule has 3 heteroatoms. The molecule has 0 atom stereocenters. The molecule has 0 amide bonds. The van der Waals surface area contributed by atoms with Gasteiger partial charge in [0.15, 0.2) is 5.78 Å². The van der Waals surface area contributed by atoms with E-state index in [4.69, 9.17) is 5.73 Å². The van der Waals surface area contributed by atoms with Gasteiger partial charge in [-0.25, -0.2) is 0 Å². The fourth-order valence-electron chi connectivity index (χ4n) is 1.38. The molecule has 1 aromatic rings. The lowest BCUT2D eigenvalue weighted by molar-refractivity contribution is 0.0984. The Morgan fingerprint density at radius 1 is 1.50 bits per heavy atom. The molecular weight excluding hydrogens is 242 g/mol. The number of aryl methyl sites for hydroxylation is 1. The number of nitrogens with two attached hydrogens (primary N) is 1. The van der Waals surface area contributed by atoms with Crippen LogP contribution in [0.3, 0.4) is 0 Å². The van der Waals surface area contributed by atoms with Gasteiger partial charge < -0.3 is 5.73 Å². The van der Waals surface area contributed by atoms with Gasteiger partial charge in [-0.2, -0.15) is 0 Å². The number of ketones is 1. The zero-order chi connectivity index (χ0) is 10.6. The van der Waals surface area contributed by atoms with E-state index in [0.717, 1.165) is 22.0 Å². The van der Waals surface area contributed by atoms with Crippen LogP contribution in [0.15, 0.2) is 22.7 Å². The molecule has 0 heterocycles. The maximum Gasteiger partial charge on any atom is 0.164 e. The summed E-state index contributed by atoms with van der Waals surface area (Å²) in [6, 6.07) is 5.81. The minimum Gasteiger partial charge on any atom is -0.330 e. The van der Waals surface area contributed by atoms with Crippen LogP contribution in [-0.2, 0) is 6.42 Å². The maximum absolute atomic E-state index is 11.7. The SMILES string of the molecule is CCc1ccc(Br)cc1C(=O)CCN. The zero-order valence-electron chi connectivity index (χ0n) is 8.22. The summed E-state index contributed by atoms with van der Waals surface area (Å²) in [5.41, 5.74) is 7.25. The predicted octanol–water partition coefficient (Wildman–Crippen LogP) is 2.54. The molecule has 0 saturated heterocycles. The van der Waals surface area contributed by atoms with Crippen molar-refractivity contribution in [1.29, 1.82) is 0 Å². The van der Waals surface area contributed by atoms with Crippen LogP contribution in [0, 0.1) is 0 Å². The second kappa shape index (κ2) is 5.27. The van der Waals surface area contributed by atoms with Gasteiger partial charge in [0.25, 0.3) is 0 Å². The van der Waals surface area contributed by atoms with E-state index in [9.17, 15) is 4.79 Å². The molecule has 0 radical (unpaired) electrons. The molecular formula is C11H14BrNO. The first-order chi connectivity index (χ1) is 6.69. The molecule has 0 saturated carbocycles. The molecule has 2 nitrogen and oxygen atoms in total. The zero-order valence-corrected chi connectivity index (χ0v) is 9.80. The average molecular weight is 256 g/mol. The molecule has 2 N–H and O–H groups in total. The van der Waals surface area contributed by atoms with E-state index in [0.29, 0.717) is 13.0 Å². The van der Waals surface area contributed by atoms with Crippen molar-refractivity contribution in [3.63, 3.8) is 0 Å². The molecule has 0 bridgehead atoms. The van der Waals surface area contributed by atoms with Crippen LogP contribution in [0.4, 0.5) is 0 Å². The van der Waals surface area contributed by atoms with Gasteiger partial charge in [-0.3, -0.25) is 4.79 Å². The van der Waals surface area contributed by atoms with Crippen LogP contribution in [0.2, 0.25) is 0 Å². The third kappa shape index (κ3) is 2.66. The van der Waals surface area contributed by atoms with Crippen molar-refractivity contribution in [3.8, 4) is 0 Å². The summed E-state index contributed by atoms with van der Waals surface area (Å²) in [6.45, 7) is 2.46. The summed E-state index contributed by atoms with van der Waals surface area (Å²) >= 11 is 3.36. The van der Waals surface area contributed by atoms with Crippen molar-refractivity contribution in [2.45, 2.75) is 19.8 Å². The smallest absolute Gasteiger partial charge is 0.164 e. The number of halogens is 1. The van der Waals surface area contributed by atoms with Gasteiger partial charge >= 0.3 is 0 Å². The first kappa shape index (κ1) is 11.4. The second-order valence-corrected chi connectivity index (χ2v) is 4.03. The normalized spacial score (nSPS) is 10.2. The largest absolute Gasteiger partial charge is 0.330 e. The quantitative estimate of drug-likeness (QED) is 0.841. The highest BCUT2D eigenvalue weighted by molar-refractivity contribution is 9.10. The van der Waals surface area contributed by atoms with E-state index < -0.39 is 0 Å². The Kier molecular flexibility index (Phi) is 4.29. The maximum atomic E-state index is 11.7. The van der Waals surface area contributed by atoms with Gasteiger partial charge in [-0.05, 0) is 30.7 Å². The molecule has 1 aromatic carbocycles. The molecule has 0 aliphatic heterocycles. The Labute approximate surface area is 92.6 Å². The van der Waals surface area contributed by atoms with Crippen LogP contribution < -0.4 is 5.73 Å². The Balaban J connectivity index is 3.03. The van der Waals surface area contributed by atoms with Gasteiger partial charge in [-0.15, -0.1) is 0 Å². The monoisotopic (exact) mass is 255 g/mol. The van der Waals surface area contributed by atoms with Crippen LogP contribution in [-0.4, -0.2) is 12.3 Å². The van der Waals surface area contributed by atoms with E-state index in [1.807, 2.05) is 25.1 Å². The summed E-state index contributed by atoms with van der Waals surface area (Å²) < 4.78 is 0.940. The highest BCUT2D eigenvalue weighted by Crippen LogP contribution is 2.18. The summed E-state index contributed by atoms with van der Waals surface area (Å²) in [4.78, 5) is 11.7. The van der Waals surface area contributed by atoms with Crippen molar-refractivity contribution >= 4 is 21.7 Å². The van der Waals surface area contributed by atoms with Gasteiger partial charge in [0, 0.05) is 16.5 Å². The number of carbonyl (C=O) groups is 1. The number of hydrogen-bond donors (Lipinski definition) is 1. The van der Waals surface area contributed by atoms with E-state index in [2.05, 4.69) is 15.9 Å². The molecule has 1 rings (SSSR count). The highest BCUT2D eigenvalue weighted by Gasteiger charge is 2.09. The number of carbonyl (C=O) groups excluding carboxylic acids is 1. The van der Waals surface area contributed by atoms with Crippen molar-refractivity contribution in [1.82, 2.24) is 0 Å². The molecule has 76 valence electrons. The summed E-state index contributed by atoms with van der Waals surface area (Å²) in [5, 5.41) is 0. The number of Topliss-reactive ketones (excluding diaryl/α,β-unsaturated/α-hetero) is 1. The first-order valence-corrected chi connectivity index (χ1v) is 5.50. The van der Waals surface area contributed by atoms with Crippen LogP contribution >= 0.6 is 15.9 Å². The van der Waals surface area contributed by atoms with Crippen molar-refractivity contribution in [2.75, 3.05) is 6.54 Å². The van der Waals surface area contributed by atoms with Gasteiger partial charge in [-0.1, -0.05) is 28.9 Å². The van der Waals surface area contributed by atoms with E-state index in [-0.39, 0.29) is 5.78 Å². The lowest BCUT2D eigenvalue weighted by atomic mass is 10.00. The molecule has 0 fully saturated rings. The first-order valence-electron chi connectivity index (χ1n) is 4.70. The number of benzene rings is 1. The standard InChI is InChI=1S/C11H14BrNO/c1-2-8-3-4-9(12)7-10(8)11(14)5-6-13/h3-4,7H,2,5-6,13H2,1H3. The Bertz CT molecular complexity index is 336. The highest BCUT2D eigenvalue weighted by atomic mass is 79.9. The number of hydrogen-bond acceptors (Lipinski definition) is 2. The van der Waals surface area contributed by atoms with E-state index in [1.54, 1.807) is 0 Å². The third-order valence-electron chi connectivity index (χ3n) is 2.12.